The van der Waals surface area contributed by atoms with E-state index in [2.05, 4.69) is 10.3 Å². The maximum atomic E-state index is 13.5. The standard InChI is InChI=1S/C12H6Cl2F4N2/c13-6-1-2-10(8(3-6)12(16,17)18)20-11-9(15)4-7(14)5-19-11/h1-5H,(H,19,20). The molecule has 2 aromatic rings. The van der Waals surface area contributed by atoms with Gasteiger partial charge in [-0.05, 0) is 24.3 Å². The van der Waals surface area contributed by atoms with Crippen LogP contribution in [0.5, 0.6) is 0 Å². The Hall–Kier alpha value is -1.53. The van der Waals surface area contributed by atoms with Gasteiger partial charge in [-0.1, -0.05) is 23.2 Å². The van der Waals surface area contributed by atoms with Crippen LogP contribution in [0.3, 0.4) is 0 Å². The first kappa shape index (κ1) is 14.9. The van der Waals surface area contributed by atoms with Gasteiger partial charge in [0, 0.05) is 11.2 Å². The van der Waals surface area contributed by atoms with Gasteiger partial charge in [0.1, 0.15) is 0 Å². The van der Waals surface area contributed by atoms with Crippen molar-refractivity contribution in [2.24, 2.45) is 0 Å². The van der Waals surface area contributed by atoms with Crippen LogP contribution in [0.15, 0.2) is 30.5 Å². The Kier molecular flexibility index (Phi) is 4.06. The highest BCUT2D eigenvalue weighted by Crippen LogP contribution is 2.37. The number of aromatic nitrogens is 1. The van der Waals surface area contributed by atoms with Crippen LogP contribution in [0, 0.1) is 5.82 Å². The molecule has 8 heteroatoms. The number of hydrogen-bond acceptors (Lipinski definition) is 2. The van der Waals surface area contributed by atoms with Gasteiger partial charge in [-0.15, -0.1) is 0 Å². The topological polar surface area (TPSA) is 24.9 Å². The summed E-state index contributed by atoms with van der Waals surface area (Å²) in [6.45, 7) is 0. The van der Waals surface area contributed by atoms with E-state index < -0.39 is 17.6 Å². The summed E-state index contributed by atoms with van der Waals surface area (Å²) in [6, 6.07) is 4.05. The van der Waals surface area contributed by atoms with E-state index in [-0.39, 0.29) is 21.6 Å². The van der Waals surface area contributed by atoms with Gasteiger partial charge in [0.05, 0.1) is 16.3 Å². The van der Waals surface area contributed by atoms with Crippen molar-refractivity contribution in [3.63, 3.8) is 0 Å². The summed E-state index contributed by atoms with van der Waals surface area (Å²) in [5.74, 6) is -1.22. The largest absolute Gasteiger partial charge is 0.418 e. The number of rotatable bonds is 2. The van der Waals surface area contributed by atoms with Crippen molar-refractivity contribution < 1.29 is 17.6 Å². The Balaban J connectivity index is 2.43. The number of nitrogens with zero attached hydrogens (tertiary/aromatic N) is 1. The van der Waals surface area contributed by atoms with E-state index in [4.69, 9.17) is 23.2 Å². The third-order valence-corrected chi connectivity index (χ3v) is 2.79. The molecular formula is C12H6Cl2F4N2. The fraction of sp³-hybridized carbons (Fsp3) is 0.0833. The lowest BCUT2D eigenvalue weighted by molar-refractivity contribution is -0.136. The molecule has 0 saturated heterocycles. The smallest absolute Gasteiger partial charge is 0.337 e. The molecule has 0 amide bonds. The third kappa shape index (κ3) is 3.32. The van der Waals surface area contributed by atoms with Gasteiger partial charge in [-0.3, -0.25) is 0 Å². The Labute approximate surface area is 121 Å². The quantitative estimate of drug-likeness (QED) is 0.759. The van der Waals surface area contributed by atoms with Gasteiger partial charge in [0.2, 0.25) is 0 Å². The molecule has 0 fully saturated rings. The van der Waals surface area contributed by atoms with Crippen molar-refractivity contribution in [3.05, 3.63) is 51.9 Å². The van der Waals surface area contributed by atoms with Gasteiger partial charge in [-0.25, -0.2) is 9.37 Å². The maximum Gasteiger partial charge on any atom is 0.418 e. The minimum absolute atomic E-state index is 0.0419. The number of pyridine rings is 1. The van der Waals surface area contributed by atoms with Crippen LogP contribution in [0.1, 0.15) is 5.56 Å². The first-order valence-corrected chi connectivity index (χ1v) is 5.98. The number of nitrogens with one attached hydrogen (secondary N) is 1. The summed E-state index contributed by atoms with van der Waals surface area (Å²) < 4.78 is 52.1. The third-order valence-electron chi connectivity index (χ3n) is 2.35. The molecule has 106 valence electrons. The molecule has 2 rings (SSSR count). The van der Waals surface area contributed by atoms with E-state index in [0.29, 0.717) is 0 Å². The van der Waals surface area contributed by atoms with E-state index >= 15 is 0 Å². The van der Waals surface area contributed by atoms with Crippen LogP contribution in [0.4, 0.5) is 29.1 Å². The summed E-state index contributed by atoms with van der Waals surface area (Å²) in [7, 11) is 0. The van der Waals surface area contributed by atoms with Gasteiger partial charge in [0.15, 0.2) is 11.6 Å². The molecule has 0 bridgehead atoms. The van der Waals surface area contributed by atoms with Gasteiger partial charge in [-0.2, -0.15) is 13.2 Å². The van der Waals surface area contributed by atoms with Crippen molar-refractivity contribution in [2.75, 3.05) is 5.32 Å². The van der Waals surface area contributed by atoms with E-state index in [1.807, 2.05) is 0 Å². The molecule has 0 atom stereocenters. The zero-order chi connectivity index (χ0) is 14.9. The summed E-state index contributed by atoms with van der Waals surface area (Å²) in [5.41, 5.74) is -1.36. The average molecular weight is 325 g/mol. The number of alkyl halides is 3. The molecule has 0 aliphatic heterocycles. The molecular weight excluding hydrogens is 319 g/mol. The molecule has 0 aliphatic carbocycles. The zero-order valence-electron chi connectivity index (χ0n) is 9.60. The van der Waals surface area contributed by atoms with Crippen LogP contribution in [-0.4, -0.2) is 4.98 Å². The Morgan fingerprint density at radius 2 is 1.75 bits per heavy atom. The van der Waals surface area contributed by atoms with E-state index in [0.717, 1.165) is 24.4 Å². The second-order valence-corrected chi connectivity index (χ2v) is 4.67. The second kappa shape index (κ2) is 5.46. The van der Waals surface area contributed by atoms with Crippen LogP contribution in [0.25, 0.3) is 0 Å². The average Bonchev–Trinajstić information content (AvgIpc) is 2.33. The van der Waals surface area contributed by atoms with Crippen molar-refractivity contribution >= 4 is 34.7 Å². The number of hydrogen-bond donors (Lipinski definition) is 1. The van der Waals surface area contributed by atoms with Crippen LogP contribution in [-0.2, 0) is 6.18 Å². The number of anilines is 2. The summed E-state index contributed by atoms with van der Waals surface area (Å²) in [5, 5.41) is 2.24. The normalized spacial score (nSPS) is 11.5. The van der Waals surface area contributed by atoms with Crippen LogP contribution < -0.4 is 5.32 Å². The predicted molar refractivity (Wildman–Crippen MR) is 68.9 cm³/mol. The highest BCUT2D eigenvalue weighted by molar-refractivity contribution is 6.31. The lowest BCUT2D eigenvalue weighted by atomic mass is 10.1. The fourth-order valence-electron chi connectivity index (χ4n) is 1.49. The number of benzene rings is 1. The Bertz CT molecular complexity index is 644. The van der Waals surface area contributed by atoms with Crippen LogP contribution >= 0.6 is 23.2 Å². The first-order valence-electron chi connectivity index (χ1n) is 5.22. The maximum absolute atomic E-state index is 13.5. The van der Waals surface area contributed by atoms with Crippen molar-refractivity contribution in [2.45, 2.75) is 6.18 Å². The minimum Gasteiger partial charge on any atom is -0.337 e. The SMILES string of the molecule is Fc1cc(Cl)cnc1Nc1ccc(Cl)cc1C(F)(F)F. The van der Waals surface area contributed by atoms with Crippen molar-refractivity contribution in [3.8, 4) is 0 Å². The summed E-state index contributed by atoms with van der Waals surface area (Å²) in [6.07, 6.45) is -3.51. The summed E-state index contributed by atoms with van der Waals surface area (Å²) >= 11 is 11.1. The molecule has 2 nitrogen and oxygen atoms in total. The van der Waals surface area contributed by atoms with Crippen LogP contribution in [0.2, 0.25) is 10.0 Å². The molecule has 20 heavy (non-hydrogen) atoms. The molecule has 0 spiro atoms. The van der Waals surface area contributed by atoms with Gasteiger partial charge >= 0.3 is 6.18 Å². The van der Waals surface area contributed by atoms with Crippen molar-refractivity contribution in [1.82, 2.24) is 4.98 Å². The molecule has 1 aromatic heterocycles. The second-order valence-electron chi connectivity index (χ2n) is 3.80. The molecule has 0 saturated carbocycles. The van der Waals surface area contributed by atoms with Crippen molar-refractivity contribution in [1.29, 1.82) is 0 Å². The highest BCUT2D eigenvalue weighted by atomic mass is 35.5. The fourth-order valence-corrected chi connectivity index (χ4v) is 1.81. The van der Waals surface area contributed by atoms with E-state index in [9.17, 15) is 17.6 Å². The lowest BCUT2D eigenvalue weighted by Crippen LogP contribution is -2.09. The number of halogens is 6. The lowest BCUT2D eigenvalue weighted by Gasteiger charge is -2.14. The summed E-state index contributed by atoms with van der Waals surface area (Å²) in [4.78, 5) is 3.60. The Morgan fingerprint density at radius 3 is 2.35 bits per heavy atom. The predicted octanol–water partition coefficient (Wildman–Crippen LogP) is 5.29. The molecule has 1 N–H and O–H groups in total. The van der Waals surface area contributed by atoms with E-state index in [1.165, 1.54) is 6.07 Å². The minimum atomic E-state index is -4.63. The molecule has 0 unspecified atom stereocenters. The molecule has 1 heterocycles. The van der Waals surface area contributed by atoms with Gasteiger partial charge in [0.25, 0.3) is 0 Å². The monoisotopic (exact) mass is 324 g/mol. The Morgan fingerprint density at radius 1 is 1.05 bits per heavy atom. The van der Waals surface area contributed by atoms with Gasteiger partial charge < -0.3 is 5.32 Å². The highest BCUT2D eigenvalue weighted by Gasteiger charge is 2.34. The van der Waals surface area contributed by atoms with E-state index in [1.54, 1.807) is 0 Å². The first-order chi connectivity index (χ1) is 9.27. The zero-order valence-corrected chi connectivity index (χ0v) is 11.1. The molecule has 0 aliphatic rings. The molecule has 1 aromatic carbocycles. The molecule has 0 radical (unpaired) electrons.